The van der Waals surface area contributed by atoms with E-state index in [1.54, 1.807) is 11.0 Å². The first-order valence-electron chi connectivity index (χ1n) is 6.04. The average molecular weight is 243 g/mol. The van der Waals surface area contributed by atoms with Crippen molar-refractivity contribution >= 4 is 11.6 Å². The van der Waals surface area contributed by atoms with Crippen LogP contribution in [0.25, 0.3) is 0 Å². The maximum absolute atomic E-state index is 12.4. The number of carbonyl (C=O) groups excluding carboxylic acids is 1. The molecule has 0 spiro atoms. The third-order valence-corrected chi connectivity index (χ3v) is 3.16. The third kappa shape index (κ3) is 2.09. The molecule has 1 aromatic carbocycles. The summed E-state index contributed by atoms with van der Waals surface area (Å²) in [7, 11) is 0. The van der Waals surface area contributed by atoms with Crippen LogP contribution in [0.3, 0.4) is 0 Å². The number of hydrogen-bond acceptors (Lipinski definition) is 3. The van der Waals surface area contributed by atoms with Crippen molar-refractivity contribution in [3.63, 3.8) is 0 Å². The van der Waals surface area contributed by atoms with Crippen molar-refractivity contribution in [3.05, 3.63) is 29.8 Å². The summed E-state index contributed by atoms with van der Waals surface area (Å²) in [6.07, 6.45) is 0. The second-order valence-electron chi connectivity index (χ2n) is 5.22. The zero-order valence-corrected chi connectivity index (χ0v) is 10.9. The Morgan fingerprint density at radius 3 is 2.78 bits per heavy atom. The Balaban J connectivity index is 2.44. The van der Waals surface area contributed by atoms with Gasteiger partial charge in [-0.1, -0.05) is 12.1 Å². The van der Waals surface area contributed by atoms with E-state index in [2.05, 4.69) is 11.4 Å². The van der Waals surface area contributed by atoms with Crippen LogP contribution in [0, 0.1) is 11.3 Å². The Kier molecular flexibility index (Phi) is 3.10. The number of nitrogens with zero attached hydrogens (tertiary/aromatic N) is 2. The number of nitrogens with one attached hydrogen (secondary N) is 1. The number of anilines is 1. The van der Waals surface area contributed by atoms with E-state index in [9.17, 15) is 4.79 Å². The smallest absolute Gasteiger partial charge is 0.246 e. The molecule has 0 saturated carbocycles. The van der Waals surface area contributed by atoms with Gasteiger partial charge in [0.25, 0.3) is 0 Å². The summed E-state index contributed by atoms with van der Waals surface area (Å²) in [5, 5.41) is 12.4. The van der Waals surface area contributed by atoms with E-state index in [0.29, 0.717) is 17.8 Å². The monoisotopic (exact) mass is 243 g/mol. The zero-order valence-electron chi connectivity index (χ0n) is 10.9. The molecule has 1 unspecified atom stereocenters. The van der Waals surface area contributed by atoms with Gasteiger partial charge in [0, 0.05) is 12.6 Å². The van der Waals surface area contributed by atoms with Crippen LogP contribution in [-0.2, 0) is 4.79 Å². The molecule has 4 heteroatoms. The first-order chi connectivity index (χ1) is 8.45. The van der Waals surface area contributed by atoms with Gasteiger partial charge in [0.15, 0.2) is 0 Å². The largest absolute Gasteiger partial charge is 0.308 e. The van der Waals surface area contributed by atoms with E-state index in [0.717, 1.165) is 0 Å². The molecule has 0 aromatic heterocycles. The number of para-hydroxylation sites is 1. The second-order valence-corrected chi connectivity index (χ2v) is 5.22. The van der Waals surface area contributed by atoms with Crippen molar-refractivity contribution in [2.24, 2.45) is 0 Å². The maximum atomic E-state index is 12.4. The molecule has 1 saturated heterocycles. The van der Waals surface area contributed by atoms with Gasteiger partial charge in [0.05, 0.1) is 16.8 Å². The average Bonchev–Trinajstić information content (AvgIpc) is 2.33. The van der Waals surface area contributed by atoms with Gasteiger partial charge in [-0.25, -0.2) is 0 Å². The number of carbonyl (C=O) groups is 1. The van der Waals surface area contributed by atoms with Crippen molar-refractivity contribution < 1.29 is 4.79 Å². The van der Waals surface area contributed by atoms with Crippen LogP contribution in [0.15, 0.2) is 24.3 Å². The summed E-state index contributed by atoms with van der Waals surface area (Å²) in [6.45, 7) is 6.36. The molecule has 0 radical (unpaired) electrons. The fourth-order valence-corrected chi connectivity index (χ4v) is 2.43. The minimum absolute atomic E-state index is 0.00306. The van der Waals surface area contributed by atoms with Crippen molar-refractivity contribution in [2.75, 3.05) is 11.4 Å². The summed E-state index contributed by atoms with van der Waals surface area (Å²) in [6, 6.07) is 9.56. The summed E-state index contributed by atoms with van der Waals surface area (Å²) >= 11 is 0. The van der Waals surface area contributed by atoms with E-state index in [1.165, 1.54) is 0 Å². The zero-order chi connectivity index (χ0) is 13.3. The lowest BCUT2D eigenvalue weighted by Crippen LogP contribution is -2.65. The van der Waals surface area contributed by atoms with Crippen LogP contribution in [0.1, 0.15) is 26.3 Å². The number of piperazine rings is 1. The molecule has 1 N–H and O–H groups in total. The highest BCUT2D eigenvalue weighted by Crippen LogP contribution is 2.25. The molecule has 1 atom stereocenters. The van der Waals surface area contributed by atoms with Gasteiger partial charge >= 0.3 is 0 Å². The number of rotatable bonds is 1. The van der Waals surface area contributed by atoms with Crippen LogP contribution in [-0.4, -0.2) is 24.0 Å². The fourth-order valence-electron chi connectivity index (χ4n) is 2.43. The summed E-state index contributed by atoms with van der Waals surface area (Å²) in [4.78, 5) is 14.1. The van der Waals surface area contributed by atoms with Crippen LogP contribution < -0.4 is 10.2 Å². The lowest BCUT2D eigenvalue weighted by Gasteiger charge is -2.41. The summed E-state index contributed by atoms with van der Waals surface area (Å²) < 4.78 is 0. The molecule has 18 heavy (non-hydrogen) atoms. The predicted molar refractivity (Wildman–Crippen MR) is 70.2 cm³/mol. The van der Waals surface area contributed by atoms with E-state index < -0.39 is 5.54 Å². The number of nitriles is 1. The highest BCUT2D eigenvalue weighted by atomic mass is 16.2. The van der Waals surface area contributed by atoms with Gasteiger partial charge in [-0.05, 0) is 32.9 Å². The number of benzene rings is 1. The normalized spacial score (nSPS) is 22.7. The number of amides is 1. The van der Waals surface area contributed by atoms with Crippen LogP contribution >= 0.6 is 0 Å². The summed E-state index contributed by atoms with van der Waals surface area (Å²) in [5.74, 6) is 0.00306. The van der Waals surface area contributed by atoms with Crippen LogP contribution in [0.5, 0.6) is 0 Å². The number of hydrogen-bond donors (Lipinski definition) is 1. The minimum Gasteiger partial charge on any atom is -0.308 e. The van der Waals surface area contributed by atoms with Crippen molar-refractivity contribution in [1.82, 2.24) is 5.32 Å². The Morgan fingerprint density at radius 2 is 2.11 bits per heavy atom. The molecule has 0 bridgehead atoms. The van der Waals surface area contributed by atoms with Gasteiger partial charge in [0.2, 0.25) is 5.91 Å². The van der Waals surface area contributed by atoms with Gasteiger partial charge < -0.3 is 4.90 Å². The maximum Gasteiger partial charge on any atom is 0.246 e. The van der Waals surface area contributed by atoms with Crippen LogP contribution in [0.2, 0.25) is 0 Å². The topological polar surface area (TPSA) is 56.1 Å². The van der Waals surface area contributed by atoms with E-state index in [4.69, 9.17) is 5.26 Å². The highest BCUT2D eigenvalue weighted by Gasteiger charge is 2.39. The van der Waals surface area contributed by atoms with Crippen LogP contribution in [0.4, 0.5) is 5.69 Å². The van der Waals surface area contributed by atoms with Gasteiger partial charge in [-0.15, -0.1) is 0 Å². The lowest BCUT2D eigenvalue weighted by atomic mass is 9.96. The van der Waals surface area contributed by atoms with E-state index >= 15 is 0 Å². The van der Waals surface area contributed by atoms with Gasteiger partial charge in [-0.3, -0.25) is 10.1 Å². The minimum atomic E-state index is -0.597. The quantitative estimate of drug-likeness (QED) is 0.816. The molecule has 0 aliphatic carbocycles. The molecular weight excluding hydrogens is 226 g/mol. The second kappa shape index (κ2) is 4.43. The Hall–Kier alpha value is -1.86. The SMILES string of the molecule is CC1CN(c2ccccc2C#N)C(=O)C(C)(C)N1. The predicted octanol–water partition coefficient (Wildman–Crippen LogP) is 1.66. The Bertz CT molecular complexity index is 516. The van der Waals surface area contributed by atoms with Gasteiger partial charge in [-0.2, -0.15) is 5.26 Å². The molecule has 1 heterocycles. The van der Waals surface area contributed by atoms with E-state index in [1.807, 2.05) is 39.0 Å². The standard InChI is InChI=1S/C14H17N3O/c1-10-9-17(13(18)14(2,3)16-10)12-7-5-4-6-11(12)8-15/h4-7,10,16H,9H2,1-3H3. The first kappa shape index (κ1) is 12.6. The molecule has 2 rings (SSSR count). The molecule has 1 aliphatic rings. The Labute approximate surface area is 107 Å². The highest BCUT2D eigenvalue weighted by molar-refractivity contribution is 6.01. The molecule has 1 aliphatic heterocycles. The lowest BCUT2D eigenvalue weighted by molar-refractivity contribution is -0.125. The van der Waals surface area contributed by atoms with Gasteiger partial charge in [0.1, 0.15) is 6.07 Å². The molecule has 4 nitrogen and oxygen atoms in total. The van der Waals surface area contributed by atoms with Crippen molar-refractivity contribution in [1.29, 1.82) is 5.26 Å². The molecule has 1 amide bonds. The van der Waals surface area contributed by atoms with E-state index in [-0.39, 0.29) is 11.9 Å². The third-order valence-electron chi connectivity index (χ3n) is 3.16. The Morgan fingerprint density at radius 1 is 1.44 bits per heavy atom. The van der Waals surface area contributed by atoms with Crippen molar-refractivity contribution in [2.45, 2.75) is 32.4 Å². The summed E-state index contributed by atoms with van der Waals surface area (Å²) in [5.41, 5.74) is 0.641. The fraction of sp³-hybridized carbons (Fsp3) is 0.429. The molecule has 1 fully saturated rings. The van der Waals surface area contributed by atoms with Crippen molar-refractivity contribution in [3.8, 4) is 6.07 Å². The molecular formula is C14H17N3O. The molecule has 1 aromatic rings. The molecule has 94 valence electrons. The first-order valence-corrected chi connectivity index (χ1v) is 6.04.